The third-order valence-corrected chi connectivity index (χ3v) is 2.67. The van der Waals surface area contributed by atoms with Gasteiger partial charge in [-0.1, -0.05) is 13.8 Å². The van der Waals surface area contributed by atoms with Crippen molar-refractivity contribution >= 4 is 5.97 Å². The number of nitrogens with zero attached hydrogens (tertiary/aromatic N) is 2. The Kier molecular flexibility index (Phi) is 2.69. The summed E-state index contributed by atoms with van der Waals surface area (Å²) in [7, 11) is 0. The molecule has 0 bridgehead atoms. The molecule has 2 rings (SSSR count). The van der Waals surface area contributed by atoms with Crippen LogP contribution >= 0.6 is 0 Å². The van der Waals surface area contributed by atoms with Gasteiger partial charge in [-0.25, -0.2) is 0 Å². The van der Waals surface area contributed by atoms with Crippen LogP contribution in [0.15, 0.2) is 4.42 Å². The van der Waals surface area contributed by atoms with E-state index in [0.29, 0.717) is 24.1 Å². The maximum Gasteiger partial charge on any atom is 0.303 e. The van der Waals surface area contributed by atoms with Gasteiger partial charge < -0.3 is 9.52 Å². The molecule has 0 radical (unpaired) electrons. The van der Waals surface area contributed by atoms with Gasteiger partial charge in [-0.2, -0.15) is 0 Å². The highest BCUT2D eigenvalue weighted by Gasteiger charge is 2.31. The van der Waals surface area contributed by atoms with Gasteiger partial charge in [0, 0.05) is 12.3 Å². The fourth-order valence-corrected chi connectivity index (χ4v) is 1.71. The Morgan fingerprint density at radius 1 is 1.50 bits per heavy atom. The minimum atomic E-state index is -0.799. The maximum absolute atomic E-state index is 10.7. The van der Waals surface area contributed by atoms with Crippen LogP contribution in [0.1, 0.15) is 50.8 Å². The summed E-state index contributed by atoms with van der Waals surface area (Å²) in [5.41, 5.74) is -0.348. The zero-order valence-corrected chi connectivity index (χ0v) is 9.56. The second-order valence-electron chi connectivity index (χ2n) is 5.22. The lowest BCUT2D eigenvalue weighted by molar-refractivity contribution is -0.139. The molecule has 0 amide bonds. The quantitative estimate of drug-likeness (QED) is 0.827. The lowest BCUT2D eigenvalue weighted by Crippen LogP contribution is -2.19. The summed E-state index contributed by atoms with van der Waals surface area (Å²) < 4.78 is 5.51. The highest BCUT2D eigenvalue weighted by Crippen LogP contribution is 2.39. The van der Waals surface area contributed by atoms with Crippen LogP contribution in [0.5, 0.6) is 0 Å². The molecule has 1 aliphatic rings. The molecule has 5 heteroatoms. The highest BCUT2D eigenvalue weighted by molar-refractivity contribution is 5.67. The predicted octanol–water partition coefficient (Wildman–Crippen LogP) is 1.99. The first-order chi connectivity index (χ1) is 7.46. The summed E-state index contributed by atoms with van der Waals surface area (Å²) in [5.74, 6) is 0.907. The zero-order valence-electron chi connectivity index (χ0n) is 9.56. The number of carboxylic acids is 1. The van der Waals surface area contributed by atoms with Crippen molar-refractivity contribution in [1.82, 2.24) is 10.2 Å². The lowest BCUT2D eigenvalue weighted by Gasteiger charge is -2.19. The van der Waals surface area contributed by atoms with E-state index in [4.69, 9.17) is 9.52 Å². The average Bonchev–Trinajstić information content (AvgIpc) is 2.86. The van der Waals surface area contributed by atoms with Crippen LogP contribution in [0, 0.1) is 5.41 Å². The number of aromatic nitrogens is 2. The van der Waals surface area contributed by atoms with Crippen molar-refractivity contribution < 1.29 is 14.3 Å². The van der Waals surface area contributed by atoms with E-state index < -0.39 is 5.97 Å². The summed E-state index contributed by atoms with van der Waals surface area (Å²) >= 11 is 0. The van der Waals surface area contributed by atoms with Crippen molar-refractivity contribution in [1.29, 1.82) is 0 Å². The molecular formula is C11H16N2O3. The van der Waals surface area contributed by atoms with Crippen LogP contribution in [0.2, 0.25) is 0 Å². The fraction of sp³-hybridized carbons (Fsp3) is 0.727. The Morgan fingerprint density at radius 3 is 2.75 bits per heavy atom. The first kappa shape index (κ1) is 11.1. The molecule has 1 heterocycles. The summed E-state index contributed by atoms with van der Waals surface area (Å²) in [4.78, 5) is 10.7. The van der Waals surface area contributed by atoms with Gasteiger partial charge in [0.15, 0.2) is 0 Å². The fourth-order valence-electron chi connectivity index (χ4n) is 1.71. The summed E-state index contributed by atoms with van der Waals surface area (Å²) in [6.07, 6.45) is 2.87. The van der Waals surface area contributed by atoms with Crippen LogP contribution in [0.3, 0.4) is 0 Å². The Labute approximate surface area is 93.9 Å². The van der Waals surface area contributed by atoms with Gasteiger partial charge in [-0.3, -0.25) is 4.79 Å². The molecule has 88 valence electrons. The van der Waals surface area contributed by atoms with Gasteiger partial charge in [-0.15, -0.1) is 10.2 Å². The number of carboxylic acid groups (broad SMARTS) is 1. The molecule has 1 aromatic rings. The second kappa shape index (κ2) is 3.88. The molecule has 16 heavy (non-hydrogen) atoms. The number of hydrogen-bond donors (Lipinski definition) is 1. The smallest absolute Gasteiger partial charge is 0.303 e. The largest absolute Gasteiger partial charge is 0.481 e. The van der Waals surface area contributed by atoms with Crippen LogP contribution < -0.4 is 0 Å². The average molecular weight is 224 g/mol. The van der Waals surface area contributed by atoms with Gasteiger partial charge in [-0.05, 0) is 18.3 Å². The molecule has 0 unspecified atom stereocenters. The van der Waals surface area contributed by atoms with Crippen molar-refractivity contribution in [3.05, 3.63) is 11.8 Å². The number of hydrogen-bond acceptors (Lipinski definition) is 4. The van der Waals surface area contributed by atoms with E-state index in [1.807, 2.05) is 13.8 Å². The van der Waals surface area contributed by atoms with Crippen LogP contribution in [-0.2, 0) is 11.2 Å². The van der Waals surface area contributed by atoms with Crippen LogP contribution in [0.25, 0.3) is 0 Å². The Bertz CT molecular complexity index is 394. The van der Waals surface area contributed by atoms with Crippen LogP contribution in [0.4, 0.5) is 0 Å². The van der Waals surface area contributed by atoms with E-state index in [9.17, 15) is 4.79 Å². The SMILES string of the molecule is CC(C)(CC(=O)O)Cc1nnc(C2CC2)o1. The molecular weight excluding hydrogens is 208 g/mol. The lowest BCUT2D eigenvalue weighted by atomic mass is 9.86. The minimum absolute atomic E-state index is 0.105. The van der Waals surface area contributed by atoms with Crippen molar-refractivity contribution in [2.45, 2.75) is 45.4 Å². The summed E-state index contributed by atoms with van der Waals surface area (Å²) in [5, 5.41) is 16.7. The van der Waals surface area contributed by atoms with E-state index >= 15 is 0 Å². The number of carbonyl (C=O) groups is 1. The predicted molar refractivity (Wildman–Crippen MR) is 56.0 cm³/mol. The first-order valence-electron chi connectivity index (χ1n) is 5.50. The molecule has 1 aromatic heterocycles. The van der Waals surface area contributed by atoms with E-state index in [1.54, 1.807) is 0 Å². The Morgan fingerprint density at radius 2 is 2.19 bits per heavy atom. The summed E-state index contributed by atoms with van der Waals surface area (Å²) in [6.45, 7) is 3.78. The van der Waals surface area contributed by atoms with Gasteiger partial charge >= 0.3 is 5.97 Å². The third-order valence-electron chi connectivity index (χ3n) is 2.67. The molecule has 1 N–H and O–H groups in total. The first-order valence-corrected chi connectivity index (χ1v) is 5.50. The van der Waals surface area contributed by atoms with E-state index in [0.717, 1.165) is 12.8 Å². The third kappa shape index (κ3) is 2.81. The van der Waals surface area contributed by atoms with Gasteiger partial charge in [0.2, 0.25) is 11.8 Å². The normalized spacial score (nSPS) is 16.4. The zero-order chi connectivity index (χ0) is 11.8. The molecule has 1 aliphatic carbocycles. The molecule has 0 aliphatic heterocycles. The monoisotopic (exact) mass is 224 g/mol. The van der Waals surface area contributed by atoms with Gasteiger partial charge in [0.1, 0.15) is 0 Å². The van der Waals surface area contributed by atoms with Crippen molar-refractivity contribution in [2.75, 3.05) is 0 Å². The Hall–Kier alpha value is -1.39. The van der Waals surface area contributed by atoms with E-state index in [1.165, 1.54) is 0 Å². The van der Waals surface area contributed by atoms with E-state index in [2.05, 4.69) is 10.2 Å². The standard InChI is InChI=1S/C11H16N2O3/c1-11(2,6-9(14)15)5-8-12-13-10(16-8)7-3-4-7/h7H,3-6H2,1-2H3,(H,14,15). The topological polar surface area (TPSA) is 76.2 Å². The molecule has 0 spiro atoms. The van der Waals surface area contributed by atoms with Crippen molar-refractivity contribution in [2.24, 2.45) is 5.41 Å². The molecule has 5 nitrogen and oxygen atoms in total. The minimum Gasteiger partial charge on any atom is -0.481 e. The number of rotatable bonds is 5. The molecule has 1 fully saturated rings. The van der Waals surface area contributed by atoms with Crippen molar-refractivity contribution in [3.8, 4) is 0 Å². The maximum atomic E-state index is 10.7. The van der Waals surface area contributed by atoms with Gasteiger partial charge in [0.25, 0.3) is 0 Å². The van der Waals surface area contributed by atoms with Crippen LogP contribution in [-0.4, -0.2) is 21.3 Å². The number of aliphatic carboxylic acids is 1. The van der Waals surface area contributed by atoms with Gasteiger partial charge in [0.05, 0.1) is 6.42 Å². The van der Waals surface area contributed by atoms with E-state index in [-0.39, 0.29) is 11.8 Å². The molecule has 0 aromatic carbocycles. The summed E-state index contributed by atoms with van der Waals surface area (Å²) in [6, 6.07) is 0. The molecule has 0 atom stereocenters. The second-order valence-corrected chi connectivity index (χ2v) is 5.22. The Balaban J connectivity index is 1.98. The molecule has 1 saturated carbocycles. The van der Waals surface area contributed by atoms with Crippen molar-refractivity contribution in [3.63, 3.8) is 0 Å². The molecule has 0 saturated heterocycles. The highest BCUT2D eigenvalue weighted by atomic mass is 16.4.